The van der Waals surface area contributed by atoms with Crippen LogP contribution in [0.5, 0.6) is 0 Å². The summed E-state index contributed by atoms with van der Waals surface area (Å²) in [5.74, 6) is 0. The Hall–Kier alpha value is -1.89. The van der Waals surface area contributed by atoms with Crippen LogP contribution in [-0.4, -0.2) is 23.3 Å². The summed E-state index contributed by atoms with van der Waals surface area (Å²) in [4.78, 5) is 0.254. The SMILES string of the molecule is CC(C)(C)[Si](C)(C)OCCCC(O/C=C/S(=O)(=O)c1ccccc1)c1ccccc1. The summed E-state index contributed by atoms with van der Waals surface area (Å²) < 4.78 is 37.0. The van der Waals surface area contributed by atoms with Crippen molar-refractivity contribution in [2.45, 2.75) is 62.7 Å². The zero-order chi connectivity index (χ0) is 22.3. The second kappa shape index (κ2) is 10.4. The minimum atomic E-state index is -3.52. The van der Waals surface area contributed by atoms with Crippen LogP contribution >= 0.6 is 0 Å². The van der Waals surface area contributed by atoms with E-state index in [2.05, 4.69) is 33.9 Å². The molecule has 0 amide bonds. The Balaban J connectivity index is 2.01. The monoisotopic (exact) mass is 446 g/mol. The van der Waals surface area contributed by atoms with Crippen LogP contribution in [0.4, 0.5) is 0 Å². The van der Waals surface area contributed by atoms with E-state index in [4.69, 9.17) is 9.16 Å². The van der Waals surface area contributed by atoms with Gasteiger partial charge in [0.15, 0.2) is 8.32 Å². The largest absolute Gasteiger partial charge is 0.493 e. The Morgan fingerprint density at radius 2 is 1.53 bits per heavy atom. The van der Waals surface area contributed by atoms with E-state index in [1.54, 1.807) is 30.3 Å². The highest BCUT2D eigenvalue weighted by atomic mass is 32.2. The summed E-state index contributed by atoms with van der Waals surface area (Å²) in [6.45, 7) is 11.9. The molecule has 0 saturated carbocycles. The van der Waals surface area contributed by atoms with E-state index >= 15 is 0 Å². The van der Waals surface area contributed by atoms with Crippen LogP contribution in [-0.2, 0) is 19.0 Å². The van der Waals surface area contributed by atoms with E-state index < -0.39 is 18.2 Å². The van der Waals surface area contributed by atoms with Crippen molar-refractivity contribution in [3.05, 3.63) is 77.9 Å². The molecule has 2 rings (SSSR count). The smallest absolute Gasteiger partial charge is 0.202 e. The molecule has 0 aliphatic carbocycles. The van der Waals surface area contributed by atoms with Crippen LogP contribution in [0, 0.1) is 0 Å². The molecule has 4 nitrogen and oxygen atoms in total. The maximum atomic E-state index is 12.4. The summed E-state index contributed by atoms with van der Waals surface area (Å²) in [5.41, 5.74) is 1.02. The third kappa shape index (κ3) is 7.11. The second-order valence-corrected chi connectivity index (χ2v) is 15.6. The molecule has 164 valence electrons. The van der Waals surface area contributed by atoms with Gasteiger partial charge in [0.25, 0.3) is 0 Å². The molecule has 0 aliphatic heterocycles. The zero-order valence-corrected chi connectivity index (χ0v) is 20.5. The van der Waals surface area contributed by atoms with E-state index in [1.807, 2.05) is 30.3 Å². The Bertz CT molecular complexity index is 901. The van der Waals surface area contributed by atoms with Gasteiger partial charge in [-0.25, -0.2) is 8.42 Å². The van der Waals surface area contributed by atoms with Gasteiger partial charge in [-0.2, -0.15) is 0 Å². The molecule has 0 N–H and O–H groups in total. The first-order valence-corrected chi connectivity index (χ1v) is 14.8. The number of sulfone groups is 1. The van der Waals surface area contributed by atoms with Crippen molar-refractivity contribution in [3.8, 4) is 0 Å². The van der Waals surface area contributed by atoms with Crippen molar-refractivity contribution in [1.82, 2.24) is 0 Å². The van der Waals surface area contributed by atoms with Crippen molar-refractivity contribution in [3.63, 3.8) is 0 Å². The number of hydrogen-bond donors (Lipinski definition) is 0. The molecule has 0 spiro atoms. The van der Waals surface area contributed by atoms with Crippen molar-refractivity contribution in [2.75, 3.05) is 6.61 Å². The first-order valence-electron chi connectivity index (χ1n) is 10.3. The second-order valence-electron chi connectivity index (χ2n) is 8.92. The fourth-order valence-electron chi connectivity index (χ4n) is 2.68. The number of benzene rings is 2. The van der Waals surface area contributed by atoms with E-state index in [0.717, 1.165) is 23.8 Å². The Morgan fingerprint density at radius 3 is 2.10 bits per heavy atom. The maximum absolute atomic E-state index is 12.4. The van der Waals surface area contributed by atoms with Gasteiger partial charge < -0.3 is 9.16 Å². The zero-order valence-electron chi connectivity index (χ0n) is 18.7. The molecule has 0 aliphatic rings. The molecule has 1 atom stereocenters. The normalized spacial score (nSPS) is 14.0. The average Bonchev–Trinajstić information content (AvgIpc) is 2.70. The van der Waals surface area contributed by atoms with Crippen LogP contribution in [0.15, 0.2) is 77.2 Å². The molecular formula is C24H34O4SSi. The number of ether oxygens (including phenoxy) is 1. The summed E-state index contributed by atoms with van der Waals surface area (Å²) in [6.07, 6.45) is 2.66. The molecule has 30 heavy (non-hydrogen) atoms. The summed E-state index contributed by atoms with van der Waals surface area (Å²) in [7, 11) is -5.30. The first-order chi connectivity index (χ1) is 14.0. The van der Waals surface area contributed by atoms with Crippen molar-refractivity contribution in [1.29, 1.82) is 0 Å². The van der Waals surface area contributed by atoms with Crippen LogP contribution in [0.25, 0.3) is 0 Å². The Morgan fingerprint density at radius 1 is 0.967 bits per heavy atom. The van der Waals surface area contributed by atoms with Gasteiger partial charge in [-0.05, 0) is 48.7 Å². The molecule has 0 heterocycles. The molecule has 0 radical (unpaired) electrons. The van der Waals surface area contributed by atoms with Crippen molar-refractivity contribution in [2.24, 2.45) is 0 Å². The lowest BCUT2D eigenvalue weighted by molar-refractivity contribution is 0.127. The number of hydrogen-bond acceptors (Lipinski definition) is 4. The molecule has 0 bridgehead atoms. The van der Waals surface area contributed by atoms with Crippen molar-refractivity contribution >= 4 is 18.2 Å². The van der Waals surface area contributed by atoms with Crippen LogP contribution in [0.2, 0.25) is 18.1 Å². The molecule has 1 unspecified atom stereocenters. The molecular weight excluding hydrogens is 412 g/mol. The van der Waals surface area contributed by atoms with E-state index in [0.29, 0.717) is 6.61 Å². The highest BCUT2D eigenvalue weighted by molar-refractivity contribution is 7.94. The van der Waals surface area contributed by atoms with Crippen LogP contribution in [0.1, 0.15) is 45.3 Å². The van der Waals surface area contributed by atoms with Gasteiger partial charge >= 0.3 is 0 Å². The van der Waals surface area contributed by atoms with Gasteiger partial charge in [-0.15, -0.1) is 0 Å². The predicted octanol–water partition coefficient (Wildman–Crippen LogP) is 6.49. The lowest BCUT2D eigenvalue weighted by atomic mass is 10.1. The minimum absolute atomic E-state index is 0.177. The summed E-state index contributed by atoms with van der Waals surface area (Å²) >= 11 is 0. The van der Waals surface area contributed by atoms with E-state index in [9.17, 15) is 8.42 Å². The maximum Gasteiger partial charge on any atom is 0.202 e. The topological polar surface area (TPSA) is 52.6 Å². The molecule has 0 aromatic heterocycles. The molecule has 0 saturated heterocycles. The lowest BCUT2D eigenvalue weighted by Gasteiger charge is -2.36. The molecule has 6 heteroatoms. The highest BCUT2D eigenvalue weighted by Crippen LogP contribution is 2.36. The van der Waals surface area contributed by atoms with E-state index in [1.165, 1.54) is 6.26 Å². The van der Waals surface area contributed by atoms with Gasteiger partial charge in [0, 0.05) is 6.61 Å². The minimum Gasteiger partial charge on any atom is -0.493 e. The van der Waals surface area contributed by atoms with Gasteiger partial charge in [-0.1, -0.05) is 69.3 Å². The Kier molecular flexibility index (Phi) is 8.47. The van der Waals surface area contributed by atoms with E-state index in [-0.39, 0.29) is 16.0 Å². The fraction of sp³-hybridized carbons (Fsp3) is 0.417. The van der Waals surface area contributed by atoms with Crippen molar-refractivity contribution < 1.29 is 17.6 Å². The van der Waals surface area contributed by atoms with Crippen LogP contribution in [0.3, 0.4) is 0 Å². The van der Waals surface area contributed by atoms with Gasteiger partial charge in [0.2, 0.25) is 9.84 Å². The van der Waals surface area contributed by atoms with Crippen LogP contribution < -0.4 is 0 Å². The predicted molar refractivity (Wildman–Crippen MR) is 125 cm³/mol. The Labute approximate surface area is 183 Å². The lowest BCUT2D eigenvalue weighted by Crippen LogP contribution is -2.41. The quantitative estimate of drug-likeness (QED) is 0.238. The van der Waals surface area contributed by atoms with Gasteiger partial charge in [0.05, 0.1) is 16.6 Å². The first kappa shape index (κ1) is 24.4. The summed E-state index contributed by atoms with van der Waals surface area (Å²) in [6, 6.07) is 18.2. The number of rotatable bonds is 10. The fourth-order valence-corrected chi connectivity index (χ4v) is 4.67. The third-order valence-electron chi connectivity index (χ3n) is 5.60. The molecule has 2 aromatic rings. The van der Waals surface area contributed by atoms with Gasteiger partial charge in [-0.3, -0.25) is 0 Å². The molecule has 0 fully saturated rings. The standard InChI is InChI=1S/C24H34O4SSi/c1-24(2,3)30(4,5)28-18-12-17-23(21-13-8-6-9-14-21)27-19-20-29(25,26)22-15-10-7-11-16-22/h6-11,13-16,19-20,23H,12,17-18H2,1-5H3/b20-19+. The highest BCUT2D eigenvalue weighted by Gasteiger charge is 2.36. The molecule has 2 aromatic carbocycles. The average molecular weight is 447 g/mol. The van der Waals surface area contributed by atoms with Gasteiger partial charge in [0.1, 0.15) is 6.10 Å². The third-order valence-corrected chi connectivity index (χ3v) is 11.5. The summed E-state index contributed by atoms with van der Waals surface area (Å²) in [5, 5.41) is 1.31.